The van der Waals surface area contributed by atoms with Gasteiger partial charge in [0.15, 0.2) is 0 Å². The van der Waals surface area contributed by atoms with Gasteiger partial charge >= 0.3 is 0 Å². The third-order valence-corrected chi connectivity index (χ3v) is 4.47. The molecule has 0 radical (unpaired) electrons. The lowest BCUT2D eigenvalue weighted by Crippen LogP contribution is -2.33. The van der Waals surface area contributed by atoms with Crippen LogP contribution in [0, 0.1) is 5.92 Å². The van der Waals surface area contributed by atoms with Crippen LogP contribution in [-0.2, 0) is 4.79 Å². The van der Waals surface area contributed by atoms with Crippen molar-refractivity contribution in [2.75, 3.05) is 13.6 Å². The molecule has 4 heteroatoms. The molecule has 1 unspecified atom stereocenters. The molecule has 3 nitrogen and oxygen atoms in total. The minimum Gasteiger partial charge on any atom is -0.348 e. The number of carbonyl (C=O) groups is 1. The molecule has 2 N–H and O–H groups in total. The van der Waals surface area contributed by atoms with Crippen LogP contribution < -0.4 is 10.6 Å². The van der Waals surface area contributed by atoms with E-state index in [0.29, 0.717) is 12.3 Å². The molecule has 0 aliphatic rings. The Morgan fingerprint density at radius 1 is 1.37 bits per heavy atom. The molecule has 0 saturated heterocycles. The van der Waals surface area contributed by atoms with Gasteiger partial charge in [-0.3, -0.25) is 4.79 Å². The molecule has 0 saturated carbocycles. The van der Waals surface area contributed by atoms with Crippen molar-refractivity contribution in [3.05, 3.63) is 22.4 Å². The summed E-state index contributed by atoms with van der Waals surface area (Å²) >= 11 is 1.73. The highest BCUT2D eigenvalue weighted by molar-refractivity contribution is 7.10. The molecular formula is C15H26N2OS. The van der Waals surface area contributed by atoms with Crippen LogP contribution in [0.25, 0.3) is 0 Å². The third-order valence-electron chi connectivity index (χ3n) is 3.52. The van der Waals surface area contributed by atoms with Gasteiger partial charge in [0.25, 0.3) is 0 Å². The molecule has 1 rings (SSSR count). The molecule has 108 valence electrons. The highest BCUT2D eigenvalue weighted by Crippen LogP contribution is 2.30. The highest BCUT2D eigenvalue weighted by Gasteiger charge is 2.22. The second-order valence-corrected chi connectivity index (χ2v) is 5.82. The molecule has 0 aliphatic carbocycles. The van der Waals surface area contributed by atoms with Crippen LogP contribution in [0.3, 0.4) is 0 Å². The predicted octanol–water partition coefficient (Wildman–Crippen LogP) is 3.34. The van der Waals surface area contributed by atoms with Gasteiger partial charge in [-0.2, -0.15) is 0 Å². The number of hydrogen-bond donors (Lipinski definition) is 2. The van der Waals surface area contributed by atoms with E-state index >= 15 is 0 Å². The van der Waals surface area contributed by atoms with Crippen LogP contribution in [0.4, 0.5) is 0 Å². The molecule has 19 heavy (non-hydrogen) atoms. The van der Waals surface area contributed by atoms with Crippen LogP contribution in [-0.4, -0.2) is 19.5 Å². The zero-order valence-corrected chi connectivity index (χ0v) is 13.1. The lowest BCUT2D eigenvalue weighted by molar-refractivity contribution is -0.122. The minimum absolute atomic E-state index is 0.167. The van der Waals surface area contributed by atoms with Gasteiger partial charge in [0.05, 0.1) is 6.04 Å². The summed E-state index contributed by atoms with van der Waals surface area (Å²) in [5, 5.41) is 8.38. The van der Waals surface area contributed by atoms with Crippen molar-refractivity contribution in [1.82, 2.24) is 10.6 Å². The van der Waals surface area contributed by atoms with Crippen LogP contribution in [0.15, 0.2) is 17.5 Å². The number of thiophene rings is 1. The highest BCUT2D eigenvalue weighted by atomic mass is 32.1. The molecule has 1 heterocycles. The van der Waals surface area contributed by atoms with Gasteiger partial charge in [0.2, 0.25) is 5.91 Å². The first-order valence-electron chi connectivity index (χ1n) is 7.20. The minimum atomic E-state index is 0.167. The Hall–Kier alpha value is -0.870. The van der Waals surface area contributed by atoms with E-state index in [9.17, 15) is 4.79 Å². The van der Waals surface area contributed by atoms with Crippen molar-refractivity contribution < 1.29 is 4.79 Å². The lowest BCUT2D eigenvalue weighted by atomic mass is 9.93. The normalized spacial score (nSPS) is 12.6. The summed E-state index contributed by atoms with van der Waals surface area (Å²) in [5.74, 6) is 0.687. The summed E-state index contributed by atoms with van der Waals surface area (Å²) in [6, 6.07) is 4.36. The zero-order chi connectivity index (χ0) is 14.1. The Bertz CT molecular complexity index is 347. The predicted molar refractivity (Wildman–Crippen MR) is 82.4 cm³/mol. The molecular weight excluding hydrogens is 256 g/mol. The quantitative estimate of drug-likeness (QED) is 0.682. The largest absolute Gasteiger partial charge is 0.348 e. The summed E-state index contributed by atoms with van der Waals surface area (Å²) in [6.45, 7) is 5.28. The summed E-state index contributed by atoms with van der Waals surface area (Å²) < 4.78 is 0. The summed E-state index contributed by atoms with van der Waals surface area (Å²) in [7, 11) is 1.91. The number of nitrogens with one attached hydrogen (secondary N) is 2. The molecule has 1 atom stereocenters. The van der Waals surface area contributed by atoms with E-state index in [1.54, 1.807) is 11.3 Å². The summed E-state index contributed by atoms with van der Waals surface area (Å²) in [4.78, 5) is 13.3. The zero-order valence-electron chi connectivity index (χ0n) is 12.2. The van der Waals surface area contributed by atoms with Crippen molar-refractivity contribution in [2.45, 2.75) is 45.6 Å². The van der Waals surface area contributed by atoms with E-state index in [4.69, 9.17) is 0 Å². The molecule has 1 aromatic heterocycles. The second kappa shape index (κ2) is 9.10. The van der Waals surface area contributed by atoms with Crippen LogP contribution in [0.1, 0.15) is 50.4 Å². The van der Waals surface area contributed by atoms with Gasteiger partial charge in [0.1, 0.15) is 0 Å². The van der Waals surface area contributed by atoms with Gasteiger partial charge in [-0.1, -0.05) is 32.8 Å². The average molecular weight is 282 g/mol. The third kappa shape index (κ3) is 5.33. The van der Waals surface area contributed by atoms with Gasteiger partial charge in [-0.25, -0.2) is 0 Å². The van der Waals surface area contributed by atoms with Crippen LogP contribution >= 0.6 is 11.3 Å². The fourth-order valence-corrected chi connectivity index (χ4v) is 3.19. The first-order chi connectivity index (χ1) is 9.22. The number of rotatable bonds is 9. The SMILES string of the molecule is CCC(CC)C(NC(=O)CCCNC)c1cccs1. The van der Waals surface area contributed by atoms with E-state index in [2.05, 4.69) is 42.0 Å². The van der Waals surface area contributed by atoms with Crippen molar-refractivity contribution >= 4 is 17.2 Å². The van der Waals surface area contributed by atoms with E-state index in [1.165, 1.54) is 4.88 Å². The summed E-state index contributed by atoms with van der Waals surface area (Å²) in [5.41, 5.74) is 0. The standard InChI is InChI=1S/C15H26N2OS/c1-4-12(5-2)15(13-8-7-11-19-13)17-14(18)9-6-10-16-3/h7-8,11-12,15-16H,4-6,9-10H2,1-3H3,(H,17,18). The van der Waals surface area contributed by atoms with Gasteiger partial charge in [0, 0.05) is 11.3 Å². The summed E-state index contributed by atoms with van der Waals surface area (Å²) in [6.07, 6.45) is 3.68. The smallest absolute Gasteiger partial charge is 0.220 e. The van der Waals surface area contributed by atoms with Crippen molar-refractivity contribution in [3.8, 4) is 0 Å². The molecule has 0 fully saturated rings. The van der Waals surface area contributed by atoms with Gasteiger partial charge in [-0.05, 0) is 37.4 Å². The van der Waals surface area contributed by atoms with Crippen LogP contribution in [0.5, 0.6) is 0 Å². The van der Waals surface area contributed by atoms with Crippen molar-refractivity contribution in [1.29, 1.82) is 0 Å². The maximum Gasteiger partial charge on any atom is 0.220 e. The Kier molecular flexibility index (Phi) is 7.75. The average Bonchev–Trinajstić information content (AvgIpc) is 2.93. The maximum atomic E-state index is 12.0. The second-order valence-electron chi connectivity index (χ2n) is 4.84. The molecule has 1 aromatic rings. The Labute approximate surface area is 120 Å². The topological polar surface area (TPSA) is 41.1 Å². The number of carbonyl (C=O) groups excluding carboxylic acids is 1. The fourth-order valence-electron chi connectivity index (χ4n) is 2.32. The van der Waals surface area contributed by atoms with Crippen LogP contribution in [0.2, 0.25) is 0 Å². The van der Waals surface area contributed by atoms with E-state index in [0.717, 1.165) is 25.8 Å². The number of amides is 1. The molecule has 0 spiro atoms. The fraction of sp³-hybridized carbons (Fsp3) is 0.667. The van der Waals surface area contributed by atoms with Gasteiger partial charge < -0.3 is 10.6 Å². The first kappa shape index (κ1) is 16.2. The lowest BCUT2D eigenvalue weighted by Gasteiger charge is -2.25. The van der Waals surface area contributed by atoms with Crippen molar-refractivity contribution in [3.63, 3.8) is 0 Å². The molecule has 0 bridgehead atoms. The Balaban J connectivity index is 2.62. The molecule has 0 aromatic carbocycles. The number of hydrogen-bond acceptors (Lipinski definition) is 3. The molecule has 1 amide bonds. The van der Waals surface area contributed by atoms with Gasteiger partial charge in [-0.15, -0.1) is 11.3 Å². The first-order valence-corrected chi connectivity index (χ1v) is 8.08. The Morgan fingerprint density at radius 3 is 2.63 bits per heavy atom. The van der Waals surface area contributed by atoms with Crippen molar-refractivity contribution in [2.24, 2.45) is 5.92 Å². The monoisotopic (exact) mass is 282 g/mol. The molecule has 0 aliphatic heterocycles. The maximum absolute atomic E-state index is 12.0. The van der Waals surface area contributed by atoms with E-state index in [-0.39, 0.29) is 11.9 Å². The Morgan fingerprint density at radius 2 is 2.11 bits per heavy atom. The van der Waals surface area contributed by atoms with E-state index in [1.807, 2.05) is 7.05 Å². The van der Waals surface area contributed by atoms with E-state index < -0.39 is 0 Å².